The van der Waals surface area contributed by atoms with E-state index in [0.29, 0.717) is 17.6 Å². The van der Waals surface area contributed by atoms with Gasteiger partial charge in [-0.15, -0.1) is 0 Å². The van der Waals surface area contributed by atoms with E-state index in [9.17, 15) is 9.59 Å². The summed E-state index contributed by atoms with van der Waals surface area (Å²) in [6.07, 6.45) is -1.31. The molecule has 3 rings (SSSR count). The molecular formula is C17H18N2O4. The molecule has 2 heterocycles. The minimum absolute atomic E-state index is 0.0424. The number of nitrogens with zero attached hydrogens (tertiary/aromatic N) is 2. The van der Waals surface area contributed by atoms with E-state index in [1.165, 1.54) is 4.90 Å². The number of rotatable bonds is 2. The molecule has 1 fully saturated rings. The average molecular weight is 314 g/mol. The summed E-state index contributed by atoms with van der Waals surface area (Å²) >= 11 is 0. The second-order valence-corrected chi connectivity index (χ2v) is 5.81. The van der Waals surface area contributed by atoms with Crippen molar-refractivity contribution >= 4 is 22.8 Å². The molecule has 2 aromatic rings. The van der Waals surface area contributed by atoms with Gasteiger partial charge in [0.25, 0.3) is 5.91 Å². The number of aliphatic carboxylic acids is 1. The number of benzene rings is 1. The van der Waals surface area contributed by atoms with Gasteiger partial charge in [0.05, 0.1) is 23.7 Å². The molecule has 1 unspecified atom stereocenters. The molecular weight excluding hydrogens is 296 g/mol. The molecule has 1 aromatic carbocycles. The van der Waals surface area contributed by atoms with Crippen LogP contribution < -0.4 is 0 Å². The molecule has 120 valence electrons. The van der Waals surface area contributed by atoms with E-state index in [2.05, 4.69) is 4.98 Å². The Hall–Kier alpha value is -2.47. The SMILES string of the molecule is Cc1ccc2cccc(C(=O)N3CC(C(=O)O)O[C@H](C)C3)c2n1. The fourth-order valence-electron chi connectivity index (χ4n) is 2.84. The van der Waals surface area contributed by atoms with Gasteiger partial charge in [-0.05, 0) is 26.0 Å². The smallest absolute Gasteiger partial charge is 0.334 e. The lowest BCUT2D eigenvalue weighted by Crippen LogP contribution is -2.51. The van der Waals surface area contributed by atoms with Crippen molar-refractivity contribution in [3.05, 3.63) is 41.6 Å². The van der Waals surface area contributed by atoms with Gasteiger partial charge in [-0.1, -0.05) is 18.2 Å². The lowest BCUT2D eigenvalue weighted by Gasteiger charge is -2.35. The molecule has 1 N–H and O–H groups in total. The molecule has 1 aliphatic heterocycles. The fourth-order valence-corrected chi connectivity index (χ4v) is 2.84. The maximum Gasteiger partial charge on any atom is 0.334 e. The van der Waals surface area contributed by atoms with Gasteiger partial charge in [-0.25, -0.2) is 4.79 Å². The van der Waals surface area contributed by atoms with Crippen molar-refractivity contribution in [1.82, 2.24) is 9.88 Å². The number of aromatic nitrogens is 1. The second kappa shape index (κ2) is 5.96. The Morgan fingerprint density at radius 2 is 2.04 bits per heavy atom. The number of carboxylic acids is 1. The first kappa shape index (κ1) is 15.4. The fraction of sp³-hybridized carbons (Fsp3) is 0.353. The van der Waals surface area contributed by atoms with Gasteiger partial charge in [-0.3, -0.25) is 9.78 Å². The van der Waals surface area contributed by atoms with Gasteiger partial charge in [-0.2, -0.15) is 0 Å². The molecule has 1 aromatic heterocycles. The molecule has 23 heavy (non-hydrogen) atoms. The highest BCUT2D eigenvalue weighted by molar-refractivity contribution is 6.05. The molecule has 2 atom stereocenters. The van der Waals surface area contributed by atoms with Crippen LogP contribution in [0.4, 0.5) is 0 Å². The third kappa shape index (κ3) is 3.03. The number of amides is 1. The third-order valence-electron chi connectivity index (χ3n) is 3.91. The van der Waals surface area contributed by atoms with E-state index >= 15 is 0 Å². The minimum atomic E-state index is -1.05. The molecule has 0 bridgehead atoms. The highest BCUT2D eigenvalue weighted by Crippen LogP contribution is 2.21. The number of pyridine rings is 1. The van der Waals surface area contributed by atoms with Crippen LogP contribution in [0.15, 0.2) is 30.3 Å². The number of carbonyl (C=O) groups is 2. The van der Waals surface area contributed by atoms with Gasteiger partial charge in [0, 0.05) is 17.6 Å². The van der Waals surface area contributed by atoms with Crippen molar-refractivity contribution in [2.45, 2.75) is 26.1 Å². The van der Waals surface area contributed by atoms with Crippen LogP contribution >= 0.6 is 0 Å². The standard InChI is InChI=1S/C17H18N2O4/c1-10-6-7-12-4-3-5-13(15(12)18-10)16(20)19-8-11(2)23-14(9-19)17(21)22/h3-7,11,14H,8-9H2,1-2H3,(H,21,22)/t11-,14?/m1/s1. The maximum absolute atomic E-state index is 12.9. The molecule has 1 amide bonds. The predicted molar refractivity (Wildman–Crippen MR) is 84.4 cm³/mol. The van der Waals surface area contributed by atoms with Crippen LogP contribution in [0.1, 0.15) is 23.0 Å². The van der Waals surface area contributed by atoms with Gasteiger partial charge < -0.3 is 14.7 Å². The summed E-state index contributed by atoms with van der Waals surface area (Å²) in [6, 6.07) is 9.27. The molecule has 0 aliphatic carbocycles. The first-order valence-corrected chi connectivity index (χ1v) is 7.49. The van der Waals surface area contributed by atoms with Crippen LogP contribution in [0.3, 0.4) is 0 Å². The zero-order valence-electron chi connectivity index (χ0n) is 13.0. The number of ether oxygens (including phenoxy) is 1. The van der Waals surface area contributed by atoms with Crippen molar-refractivity contribution in [2.75, 3.05) is 13.1 Å². The Kier molecular flexibility index (Phi) is 4.00. The monoisotopic (exact) mass is 314 g/mol. The highest BCUT2D eigenvalue weighted by Gasteiger charge is 2.33. The largest absolute Gasteiger partial charge is 0.479 e. The van der Waals surface area contributed by atoms with Crippen LogP contribution in [0.5, 0.6) is 0 Å². The number of hydrogen-bond donors (Lipinski definition) is 1. The zero-order valence-corrected chi connectivity index (χ0v) is 13.0. The summed E-state index contributed by atoms with van der Waals surface area (Å²) in [5.74, 6) is -1.27. The highest BCUT2D eigenvalue weighted by atomic mass is 16.5. The van der Waals surface area contributed by atoms with Crippen LogP contribution in [0.2, 0.25) is 0 Å². The first-order chi connectivity index (χ1) is 11.0. The summed E-state index contributed by atoms with van der Waals surface area (Å²) in [5.41, 5.74) is 1.96. The summed E-state index contributed by atoms with van der Waals surface area (Å²) in [5, 5.41) is 10.0. The van der Waals surface area contributed by atoms with Crippen molar-refractivity contribution in [2.24, 2.45) is 0 Å². The topological polar surface area (TPSA) is 79.7 Å². The molecule has 0 radical (unpaired) electrons. The van der Waals surface area contributed by atoms with Crippen molar-refractivity contribution < 1.29 is 19.4 Å². The summed E-state index contributed by atoms with van der Waals surface area (Å²) in [7, 11) is 0. The van der Waals surface area contributed by atoms with E-state index in [-0.39, 0.29) is 18.6 Å². The first-order valence-electron chi connectivity index (χ1n) is 7.49. The quantitative estimate of drug-likeness (QED) is 0.915. The Morgan fingerprint density at radius 3 is 2.78 bits per heavy atom. The van der Waals surface area contributed by atoms with Gasteiger partial charge in [0.2, 0.25) is 0 Å². The van der Waals surface area contributed by atoms with Gasteiger partial charge in [0.15, 0.2) is 6.10 Å². The van der Waals surface area contributed by atoms with Gasteiger partial charge >= 0.3 is 5.97 Å². The molecule has 0 spiro atoms. The van der Waals surface area contributed by atoms with Crippen molar-refractivity contribution in [1.29, 1.82) is 0 Å². The summed E-state index contributed by atoms with van der Waals surface area (Å²) in [4.78, 5) is 30.1. The normalized spacial score (nSPS) is 21.4. The Labute approximate surface area is 133 Å². The number of para-hydroxylation sites is 1. The molecule has 1 saturated heterocycles. The van der Waals surface area contributed by atoms with Crippen LogP contribution in [-0.2, 0) is 9.53 Å². The van der Waals surface area contributed by atoms with Crippen LogP contribution in [0, 0.1) is 6.92 Å². The van der Waals surface area contributed by atoms with E-state index in [4.69, 9.17) is 9.84 Å². The third-order valence-corrected chi connectivity index (χ3v) is 3.91. The number of carbonyl (C=O) groups excluding carboxylic acids is 1. The zero-order chi connectivity index (χ0) is 16.6. The number of fused-ring (bicyclic) bond motifs is 1. The van der Waals surface area contributed by atoms with Gasteiger partial charge in [0.1, 0.15) is 0 Å². The average Bonchev–Trinajstić information content (AvgIpc) is 2.53. The predicted octanol–water partition coefficient (Wildman–Crippen LogP) is 1.86. The maximum atomic E-state index is 12.9. The van der Waals surface area contributed by atoms with Crippen molar-refractivity contribution in [3.8, 4) is 0 Å². The number of aryl methyl sites for hydroxylation is 1. The number of morpholine rings is 1. The molecule has 6 nitrogen and oxygen atoms in total. The minimum Gasteiger partial charge on any atom is -0.479 e. The summed E-state index contributed by atoms with van der Waals surface area (Å²) < 4.78 is 5.36. The lowest BCUT2D eigenvalue weighted by atomic mass is 10.1. The molecule has 0 saturated carbocycles. The van der Waals surface area contributed by atoms with E-state index < -0.39 is 12.1 Å². The van der Waals surface area contributed by atoms with E-state index in [1.807, 2.05) is 31.2 Å². The second-order valence-electron chi connectivity index (χ2n) is 5.81. The molecule has 1 aliphatic rings. The van der Waals surface area contributed by atoms with Crippen molar-refractivity contribution in [3.63, 3.8) is 0 Å². The van der Waals surface area contributed by atoms with E-state index in [1.54, 1.807) is 13.0 Å². The lowest BCUT2D eigenvalue weighted by molar-refractivity contribution is -0.160. The Morgan fingerprint density at radius 1 is 1.26 bits per heavy atom. The summed E-state index contributed by atoms with van der Waals surface area (Å²) in [6.45, 7) is 4.05. The number of hydrogen-bond acceptors (Lipinski definition) is 4. The Balaban J connectivity index is 1.97. The van der Waals surface area contributed by atoms with Crippen LogP contribution in [-0.4, -0.2) is 52.2 Å². The van der Waals surface area contributed by atoms with Crippen LogP contribution in [0.25, 0.3) is 10.9 Å². The molecule has 6 heteroatoms. The van der Waals surface area contributed by atoms with E-state index in [0.717, 1.165) is 11.1 Å². The number of carboxylic acid groups (broad SMARTS) is 1. The Bertz CT molecular complexity index is 774.